The summed E-state index contributed by atoms with van der Waals surface area (Å²) in [5.41, 5.74) is 4.73. The van der Waals surface area contributed by atoms with Gasteiger partial charge in [-0.15, -0.1) is 0 Å². The van der Waals surface area contributed by atoms with Crippen LogP contribution in [0.5, 0.6) is 0 Å². The summed E-state index contributed by atoms with van der Waals surface area (Å²) in [6.07, 6.45) is 5.39. The zero-order chi connectivity index (χ0) is 30.6. The first kappa shape index (κ1) is 28.0. The van der Waals surface area contributed by atoms with Crippen LogP contribution in [0.2, 0.25) is 0 Å². The smallest absolute Gasteiger partial charge is 0.163 e. The highest BCUT2D eigenvalue weighted by Gasteiger charge is 2.51. The molecule has 3 aromatic carbocycles. The largest absolute Gasteiger partial charge is 0.351 e. The quantitative estimate of drug-likeness (QED) is 0.199. The fourth-order valence-electron chi connectivity index (χ4n) is 7.37. The highest BCUT2D eigenvalue weighted by atomic mass is 19.1. The van der Waals surface area contributed by atoms with Gasteiger partial charge in [0.15, 0.2) is 11.6 Å². The Balaban J connectivity index is 1.45. The molecule has 220 valence electrons. The van der Waals surface area contributed by atoms with Crippen LogP contribution in [0.4, 0.5) is 14.5 Å². The first-order valence-electron chi connectivity index (χ1n) is 15.0. The molecule has 0 saturated heterocycles. The van der Waals surface area contributed by atoms with Crippen LogP contribution in [-0.2, 0) is 16.6 Å². The van der Waals surface area contributed by atoms with Crippen molar-refractivity contribution in [1.82, 2.24) is 15.0 Å². The molecule has 0 radical (unpaired) electrons. The molecule has 1 fully saturated rings. The van der Waals surface area contributed by atoms with Crippen molar-refractivity contribution in [2.75, 3.05) is 11.9 Å². The number of allylic oxidation sites excluding steroid dienone is 1. The average Bonchev–Trinajstić information content (AvgIpc) is 3.04. The van der Waals surface area contributed by atoms with Crippen LogP contribution in [-0.4, -0.2) is 27.8 Å². The lowest BCUT2D eigenvalue weighted by Crippen LogP contribution is -2.48. The minimum atomic E-state index is -0.518. The molecule has 0 unspecified atom stereocenters. The molecular formula is C37H32F2N4O. The average molecular weight is 587 g/mol. The number of benzene rings is 3. The number of carbonyl (C=O) groups excluding carboxylic acids is 1. The monoisotopic (exact) mass is 586 g/mol. The summed E-state index contributed by atoms with van der Waals surface area (Å²) in [6, 6.07) is 23.2. The van der Waals surface area contributed by atoms with Gasteiger partial charge in [-0.05, 0) is 61.6 Å². The number of carbonyl (C=O) groups is 1. The SMILES string of the molecule is C[C@H]1C(=O)/C(=C\N(C)c2ccccc2)C[C@@]2(C)c3nc(-c4ccnc5c(F)cccc45)nc(-c4ccccc4F)c3CC[C@H]12. The summed E-state index contributed by atoms with van der Waals surface area (Å²) in [5, 5.41) is 0.585. The van der Waals surface area contributed by atoms with E-state index in [1.165, 1.54) is 12.1 Å². The number of fused-ring (bicyclic) bond motifs is 4. The lowest BCUT2D eigenvalue weighted by Gasteiger charge is -2.49. The number of halogens is 2. The lowest BCUT2D eigenvalue weighted by molar-refractivity contribution is -0.123. The number of aromatic nitrogens is 3. The maximum absolute atomic E-state index is 15.4. The number of ketones is 1. The molecule has 2 aromatic heterocycles. The van der Waals surface area contributed by atoms with Gasteiger partial charge in [-0.2, -0.15) is 0 Å². The number of anilines is 1. The van der Waals surface area contributed by atoms with E-state index in [0.29, 0.717) is 40.9 Å². The molecule has 7 heteroatoms. The first-order chi connectivity index (χ1) is 21.3. The molecule has 0 N–H and O–H groups in total. The number of pyridine rings is 1. The van der Waals surface area contributed by atoms with Crippen LogP contribution in [0.15, 0.2) is 96.8 Å². The summed E-state index contributed by atoms with van der Waals surface area (Å²) in [7, 11) is 1.95. The van der Waals surface area contributed by atoms with Crippen LogP contribution in [0.25, 0.3) is 33.5 Å². The lowest BCUT2D eigenvalue weighted by atomic mass is 9.55. The number of rotatable bonds is 4. The van der Waals surface area contributed by atoms with Gasteiger partial charge >= 0.3 is 0 Å². The second-order valence-electron chi connectivity index (χ2n) is 12.2. The van der Waals surface area contributed by atoms with Crippen molar-refractivity contribution in [3.05, 3.63) is 120 Å². The van der Waals surface area contributed by atoms with Gasteiger partial charge in [-0.25, -0.2) is 18.7 Å². The van der Waals surface area contributed by atoms with Gasteiger partial charge in [0.25, 0.3) is 0 Å². The molecule has 0 bridgehead atoms. The molecule has 44 heavy (non-hydrogen) atoms. The van der Waals surface area contributed by atoms with E-state index in [2.05, 4.69) is 11.9 Å². The van der Waals surface area contributed by atoms with Gasteiger partial charge in [0, 0.05) is 64.1 Å². The van der Waals surface area contributed by atoms with E-state index in [-0.39, 0.29) is 29.0 Å². The summed E-state index contributed by atoms with van der Waals surface area (Å²) in [4.78, 5) is 30.3. The third-order valence-electron chi connectivity index (χ3n) is 9.57. The van der Waals surface area contributed by atoms with Gasteiger partial charge < -0.3 is 4.90 Å². The van der Waals surface area contributed by atoms with E-state index in [1.807, 2.05) is 55.4 Å². The van der Waals surface area contributed by atoms with Crippen molar-refractivity contribution < 1.29 is 13.6 Å². The van der Waals surface area contributed by atoms with E-state index < -0.39 is 11.2 Å². The molecule has 2 heterocycles. The standard InChI is InChI=1S/C37H32F2N4O/c1-22-29-17-16-28-32(27-12-7-8-14-30(27)38)41-36(26-18-19-40-33-25(26)13-9-15-31(33)39)42-35(28)37(29,2)20-23(34(22)44)21-43(3)24-10-5-4-6-11-24/h4-15,18-19,21-22,29H,16-17,20H2,1-3H3/b23-21-/t22-,29-,37-/m1/s1. The number of nitrogens with zero attached hydrogens (tertiary/aromatic N) is 4. The minimum Gasteiger partial charge on any atom is -0.351 e. The van der Waals surface area contributed by atoms with Crippen molar-refractivity contribution in [2.24, 2.45) is 11.8 Å². The van der Waals surface area contributed by atoms with Gasteiger partial charge in [-0.1, -0.05) is 56.3 Å². The van der Waals surface area contributed by atoms with Crippen LogP contribution in [0, 0.1) is 23.5 Å². The van der Waals surface area contributed by atoms with E-state index in [9.17, 15) is 9.18 Å². The predicted octanol–water partition coefficient (Wildman–Crippen LogP) is 8.09. The Labute approximate surface area is 255 Å². The number of hydrogen-bond donors (Lipinski definition) is 0. The maximum atomic E-state index is 15.4. The van der Waals surface area contributed by atoms with Crippen molar-refractivity contribution in [3.63, 3.8) is 0 Å². The van der Waals surface area contributed by atoms with Gasteiger partial charge in [0.05, 0.1) is 11.4 Å². The summed E-state index contributed by atoms with van der Waals surface area (Å²) < 4.78 is 30.2. The molecule has 3 atom stereocenters. The van der Waals surface area contributed by atoms with Crippen molar-refractivity contribution in [1.29, 1.82) is 0 Å². The number of hydrogen-bond acceptors (Lipinski definition) is 5. The maximum Gasteiger partial charge on any atom is 0.163 e. The molecule has 0 spiro atoms. The highest BCUT2D eigenvalue weighted by Crippen LogP contribution is 2.53. The van der Waals surface area contributed by atoms with E-state index in [4.69, 9.17) is 9.97 Å². The van der Waals surface area contributed by atoms with Crippen molar-refractivity contribution >= 4 is 22.4 Å². The van der Waals surface area contributed by atoms with Crippen LogP contribution in [0.1, 0.15) is 37.9 Å². The fraction of sp³-hybridized carbons (Fsp3) is 0.243. The van der Waals surface area contributed by atoms with Gasteiger partial charge in [0.2, 0.25) is 0 Å². The van der Waals surface area contributed by atoms with Crippen LogP contribution < -0.4 is 4.90 Å². The number of Topliss-reactive ketones (excluding diaryl/α,β-unsaturated/α-hetero) is 1. The second-order valence-corrected chi connectivity index (χ2v) is 12.2. The Kier molecular flexibility index (Phi) is 6.84. The molecule has 2 aliphatic rings. The molecule has 0 aliphatic heterocycles. The zero-order valence-electron chi connectivity index (χ0n) is 24.9. The van der Waals surface area contributed by atoms with E-state index >= 15 is 4.39 Å². The molecule has 7 rings (SSSR count). The predicted molar refractivity (Wildman–Crippen MR) is 169 cm³/mol. The summed E-state index contributed by atoms with van der Waals surface area (Å²) in [5.74, 6) is -0.431. The second kappa shape index (κ2) is 10.7. The summed E-state index contributed by atoms with van der Waals surface area (Å²) >= 11 is 0. The molecule has 0 amide bonds. The third kappa shape index (κ3) is 4.50. The van der Waals surface area contributed by atoms with Crippen molar-refractivity contribution in [2.45, 2.75) is 38.5 Å². The van der Waals surface area contributed by atoms with Crippen LogP contribution >= 0.6 is 0 Å². The topological polar surface area (TPSA) is 59.0 Å². The number of para-hydroxylation sites is 2. The fourth-order valence-corrected chi connectivity index (χ4v) is 7.37. The molecular weight excluding hydrogens is 554 g/mol. The first-order valence-corrected chi connectivity index (χ1v) is 15.0. The zero-order valence-corrected chi connectivity index (χ0v) is 24.9. The molecule has 1 saturated carbocycles. The highest BCUT2D eigenvalue weighted by molar-refractivity contribution is 5.99. The van der Waals surface area contributed by atoms with E-state index in [0.717, 1.165) is 28.9 Å². The van der Waals surface area contributed by atoms with Crippen molar-refractivity contribution in [3.8, 4) is 22.6 Å². The molecule has 5 aromatic rings. The molecule has 2 aliphatic carbocycles. The van der Waals surface area contributed by atoms with Crippen LogP contribution in [0.3, 0.4) is 0 Å². The Morgan fingerprint density at radius 1 is 0.909 bits per heavy atom. The normalized spacial score (nSPS) is 22.1. The Morgan fingerprint density at radius 2 is 1.66 bits per heavy atom. The Morgan fingerprint density at radius 3 is 2.45 bits per heavy atom. The van der Waals surface area contributed by atoms with Gasteiger partial charge in [-0.3, -0.25) is 9.78 Å². The Bertz CT molecular complexity index is 1960. The minimum absolute atomic E-state index is 0.0459. The summed E-state index contributed by atoms with van der Waals surface area (Å²) in [6.45, 7) is 4.20. The third-order valence-corrected chi connectivity index (χ3v) is 9.57. The Hall–Kier alpha value is -4.78. The molecule has 5 nitrogen and oxygen atoms in total. The van der Waals surface area contributed by atoms with Gasteiger partial charge in [0.1, 0.15) is 17.2 Å². The van der Waals surface area contributed by atoms with E-state index in [1.54, 1.807) is 42.6 Å².